The van der Waals surface area contributed by atoms with E-state index < -0.39 is 6.04 Å². The molecule has 0 saturated heterocycles. The van der Waals surface area contributed by atoms with Gasteiger partial charge in [-0.25, -0.2) is 0 Å². The maximum absolute atomic E-state index is 12.9. The summed E-state index contributed by atoms with van der Waals surface area (Å²) in [5.74, 6) is -0.0877. The molecule has 0 spiro atoms. The molecular formula is C17H15BrN2OS. The van der Waals surface area contributed by atoms with E-state index in [2.05, 4.69) is 27.5 Å². The van der Waals surface area contributed by atoms with E-state index in [1.165, 1.54) is 0 Å². The van der Waals surface area contributed by atoms with Crippen LogP contribution in [-0.2, 0) is 12.6 Å². The van der Waals surface area contributed by atoms with Crippen LogP contribution < -0.4 is 4.57 Å². The summed E-state index contributed by atoms with van der Waals surface area (Å²) in [6, 6.07) is 12.2. The van der Waals surface area contributed by atoms with Crippen molar-refractivity contribution in [2.75, 3.05) is 6.54 Å². The van der Waals surface area contributed by atoms with E-state index in [9.17, 15) is 4.79 Å². The minimum atomic E-state index is -0.634. The van der Waals surface area contributed by atoms with Crippen LogP contribution in [0.1, 0.15) is 16.4 Å². The summed E-state index contributed by atoms with van der Waals surface area (Å²) in [5.41, 5.74) is 0.590. The predicted molar refractivity (Wildman–Crippen MR) is 94.0 cm³/mol. The quantitative estimate of drug-likeness (QED) is 0.194. The molecule has 0 aliphatic heterocycles. The second-order valence-electron chi connectivity index (χ2n) is 4.57. The van der Waals surface area contributed by atoms with Crippen molar-refractivity contribution >= 4 is 39.4 Å². The third kappa shape index (κ3) is 4.08. The van der Waals surface area contributed by atoms with Gasteiger partial charge >= 0.3 is 0 Å². The Hall–Kier alpha value is -1.85. The smallest absolute Gasteiger partial charge is 0.237 e. The van der Waals surface area contributed by atoms with Crippen molar-refractivity contribution in [3.8, 4) is 0 Å². The fraction of sp³-hybridized carbons (Fsp3) is 0.118. The number of carbonyl (C=O) groups excluding carboxylic acids is 1. The number of benzene rings is 1. The lowest BCUT2D eigenvalue weighted by Gasteiger charge is -2.18. The zero-order valence-corrected chi connectivity index (χ0v) is 14.3. The van der Waals surface area contributed by atoms with E-state index in [4.69, 9.17) is 12.6 Å². The summed E-state index contributed by atoms with van der Waals surface area (Å²) >= 11 is 8.75. The number of hydrogen-bond acceptors (Lipinski definition) is 3. The number of carbonyl (C=O) groups is 1. The highest BCUT2D eigenvalue weighted by Gasteiger charge is 2.27. The lowest BCUT2D eigenvalue weighted by Crippen LogP contribution is -2.47. The number of halogens is 1. The van der Waals surface area contributed by atoms with Crippen LogP contribution in [0, 0.1) is 0 Å². The highest BCUT2D eigenvalue weighted by atomic mass is 79.9. The second-order valence-corrected chi connectivity index (χ2v) is 5.90. The van der Waals surface area contributed by atoms with Crippen molar-refractivity contribution in [3.05, 3.63) is 77.5 Å². The average molecular weight is 375 g/mol. The second kappa shape index (κ2) is 7.96. The van der Waals surface area contributed by atoms with Gasteiger partial charge in [0.05, 0.1) is 6.54 Å². The van der Waals surface area contributed by atoms with Crippen molar-refractivity contribution in [2.24, 2.45) is 4.99 Å². The first kappa shape index (κ1) is 16.5. The number of Topliss-reactive ketones (excluding diaryl/α,β-unsaturated/α-hetero) is 1. The summed E-state index contributed by atoms with van der Waals surface area (Å²) in [5, 5.41) is 0.348. The van der Waals surface area contributed by atoms with Gasteiger partial charge in [0, 0.05) is 22.2 Å². The molecule has 1 unspecified atom stereocenters. The molecule has 0 aliphatic rings. The zero-order valence-electron chi connectivity index (χ0n) is 11.9. The van der Waals surface area contributed by atoms with Gasteiger partial charge in [-0.15, -0.1) is 6.58 Å². The van der Waals surface area contributed by atoms with Crippen LogP contribution in [-0.4, -0.2) is 17.4 Å². The molecule has 0 N–H and O–H groups in total. The molecule has 0 radical (unpaired) electrons. The summed E-state index contributed by atoms with van der Waals surface area (Å²) in [6.07, 6.45) is 5.29. The molecule has 0 aliphatic carbocycles. The lowest BCUT2D eigenvalue weighted by atomic mass is 10.0. The molecule has 0 amide bonds. The Morgan fingerprint density at radius 2 is 2.05 bits per heavy atom. The van der Waals surface area contributed by atoms with E-state index in [1.807, 2.05) is 42.7 Å². The third-order valence-electron chi connectivity index (χ3n) is 3.00. The zero-order chi connectivity index (χ0) is 15.9. The van der Waals surface area contributed by atoms with Gasteiger partial charge < -0.3 is 17.6 Å². The number of aromatic nitrogens is 1. The number of aliphatic imine (C=N–C) groups is 1. The topological polar surface area (TPSA) is 33.3 Å². The molecule has 2 rings (SSSR count). The molecule has 1 heterocycles. The van der Waals surface area contributed by atoms with Gasteiger partial charge in [0.15, 0.2) is 12.4 Å². The van der Waals surface area contributed by atoms with Crippen LogP contribution in [0.3, 0.4) is 0 Å². The molecule has 1 aromatic carbocycles. The Kier molecular flexibility index (Phi) is 5.98. The van der Waals surface area contributed by atoms with Crippen LogP contribution in [0.2, 0.25) is 0 Å². The number of pyridine rings is 1. The largest absolute Gasteiger partial charge is 0.758 e. The minimum Gasteiger partial charge on any atom is -0.758 e. The van der Waals surface area contributed by atoms with Crippen molar-refractivity contribution in [1.82, 2.24) is 0 Å². The van der Waals surface area contributed by atoms with E-state index in [0.717, 1.165) is 4.47 Å². The fourth-order valence-electron chi connectivity index (χ4n) is 2.00. The molecule has 2 aromatic rings. The monoisotopic (exact) mass is 374 g/mol. The number of nitrogens with zero attached hydrogens (tertiary/aromatic N) is 2. The third-order valence-corrected chi connectivity index (χ3v) is 3.85. The molecule has 1 aromatic heterocycles. The molecule has 0 fully saturated rings. The van der Waals surface area contributed by atoms with Crippen LogP contribution in [0.15, 0.2) is 77.0 Å². The first-order valence-corrected chi connectivity index (χ1v) is 7.91. The van der Waals surface area contributed by atoms with E-state index in [0.29, 0.717) is 17.2 Å². The van der Waals surface area contributed by atoms with E-state index >= 15 is 0 Å². The molecule has 22 heavy (non-hydrogen) atoms. The van der Waals surface area contributed by atoms with Crippen molar-refractivity contribution < 1.29 is 9.36 Å². The van der Waals surface area contributed by atoms with Crippen LogP contribution in [0.5, 0.6) is 0 Å². The van der Waals surface area contributed by atoms with Gasteiger partial charge in [0.1, 0.15) is 0 Å². The molecule has 112 valence electrons. The normalized spacial score (nSPS) is 12.7. The maximum atomic E-state index is 12.9. The molecule has 3 nitrogen and oxygen atoms in total. The molecule has 0 bridgehead atoms. The predicted octanol–water partition coefficient (Wildman–Crippen LogP) is 3.29. The number of rotatable bonds is 6. The summed E-state index contributed by atoms with van der Waals surface area (Å²) in [7, 11) is 0. The van der Waals surface area contributed by atoms with Crippen LogP contribution in [0.4, 0.5) is 0 Å². The number of ketones is 1. The van der Waals surface area contributed by atoms with E-state index in [-0.39, 0.29) is 5.78 Å². The first-order chi connectivity index (χ1) is 10.6. The molecular weight excluding hydrogens is 360 g/mol. The Bertz CT molecular complexity index is 701. The Morgan fingerprint density at radius 3 is 2.68 bits per heavy atom. The van der Waals surface area contributed by atoms with Gasteiger partial charge in [0.25, 0.3) is 0 Å². The van der Waals surface area contributed by atoms with Crippen molar-refractivity contribution in [1.29, 1.82) is 0 Å². The van der Waals surface area contributed by atoms with Crippen molar-refractivity contribution in [3.63, 3.8) is 0 Å². The SMILES string of the molecule is C=CCN=C([S-])C(C(=O)c1cccc(Br)c1)[n+]1ccccc1. The number of hydrogen-bond donors (Lipinski definition) is 0. The van der Waals surface area contributed by atoms with Gasteiger partial charge in [-0.2, -0.15) is 4.57 Å². The van der Waals surface area contributed by atoms with Crippen LogP contribution >= 0.6 is 15.9 Å². The Balaban J connectivity index is 2.44. The molecule has 0 saturated carbocycles. The summed E-state index contributed by atoms with van der Waals surface area (Å²) < 4.78 is 2.63. The average Bonchev–Trinajstić information content (AvgIpc) is 2.54. The molecule has 1 atom stereocenters. The van der Waals surface area contributed by atoms with Gasteiger partial charge in [-0.3, -0.25) is 4.79 Å². The van der Waals surface area contributed by atoms with Crippen LogP contribution in [0.25, 0.3) is 0 Å². The Labute approximate surface area is 143 Å². The Morgan fingerprint density at radius 1 is 1.32 bits per heavy atom. The highest BCUT2D eigenvalue weighted by molar-refractivity contribution is 9.10. The maximum Gasteiger partial charge on any atom is 0.237 e. The lowest BCUT2D eigenvalue weighted by molar-refractivity contribution is -0.691. The van der Waals surface area contributed by atoms with Crippen molar-refractivity contribution in [2.45, 2.75) is 6.04 Å². The van der Waals surface area contributed by atoms with Gasteiger partial charge in [-0.05, 0) is 17.2 Å². The van der Waals surface area contributed by atoms with E-state index in [1.54, 1.807) is 22.8 Å². The first-order valence-electron chi connectivity index (χ1n) is 6.71. The summed E-state index contributed by atoms with van der Waals surface area (Å²) in [4.78, 5) is 17.1. The molecule has 5 heteroatoms. The van der Waals surface area contributed by atoms with Gasteiger partial charge in [0.2, 0.25) is 11.8 Å². The van der Waals surface area contributed by atoms with Gasteiger partial charge in [-0.1, -0.05) is 40.2 Å². The highest BCUT2D eigenvalue weighted by Crippen LogP contribution is 2.16. The minimum absolute atomic E-state index is 0.0877. The fourth-order valence-corrected chi connectivity index (χ4v) is 2.70. The summed E-state index contributed by atoms with van der Waals surface area (Å²) in [6.45, 7) is 4.03. The standard InChI is InChI=1S/C17H15BrN2OS/c1-2-9-19-17(22)15(20-10-4-3-5-11-20)16(21)13-7-6-8-14(18)12-13/h2-8,10-12,15H,1,9H2.